The number of carbonyl (C=O) groups excluding carboxylic acids is 2. The maximum atomic E-state index is 13.7. The van der Waals surface area contributed by atoms with E-state index in [0.717, 1.165) is 30.7 Å². The van der Waals surface area contributed by atoms with Gasteiger partial charge < -0.3 is 9.80 Å². The van der Waals surface area contributed by atoms with Gasteiger partial charge in [0.05, 0.1) is 5.41 Å². The molecular weight excluding hydrogens is 420 g/mol. The van der Waals surface area contributed by atoms with E-state index < -0.39 is 5.41 Å². The molecule has 2 aromatic carbocycles. The van der Waals surface area contributed by atoms with Gasteiger partial charge in [-0.2, -0.15) is 0 Å². The molecule has 5 rings (SSSR count). The Balaban J connectivity index is 1.30. The Morgan fingerprint density at radius 3 is 2.34 bits per heavy atom. The lowest BCUT2D eigenvalue weighted by atomic mass is 9.72. The normalized spacial score (nSPS) is 24.4. The average molecular weight is 451 g/mol. The van der Waals surface area contributed by atoms with Crippen molar-refractivity contribution in [2.24, 2.45) is 11.3 Å². The van der Waals surface area contributed by atoms with Gasteiger partial charge >= 0.3 is 0 Å². The summed E-state index contributed by atoms with van der Waals surface area (Å²) in [6, 6.07) is 16.5. The lowest BCUT2D eigenvalue weighted by molar-refractivity contribution is -0.150. The van der Waals surface area contributed by atoms with Gasteiger partial charge in [0.1, 0.15) is 0 Å². The molecule has 5 heteroatoms. The molecule has 1 saturated carbocycles. The van der Waals surface area contributed by atoms with Crippen LogP contribution in [-0.2, 0) is 22.6 Å². The molecule has 0 N–H and O–H groups in total. The maximum absolute atomic E-state index is 13.7. The molecule has 1 saturated heterocycles. The topological polar surface area (TPSA) is 40.6 Å². The lowest BCUT2D eigenvalue weighted by Gasteiger charge is -2.43. The van der Waals surface area contributed by atoms with Crippen LogP contribution in [0.2, 0.25) is 5.02 Å². The first-order valence-corrected chi connectivity index (χ1v) is 12.2. The fraction of sp³-hybridized carbons (Fsp3) is 0.481. The lowest BCUT2D eigenvalue weighted by Crippen LogP contribution is -2.52. The first-order valence-electron chi connectivity index (χ1n) is 11.8. The largest absolute Gasteiger partial charge is 0.342 e. The fourth-order valence-corrected chi connectivity index (χ4v) is 5.75. The van der Waals surface area contributed by atoms with Crippen LogP contribution in [0.3, 0.4) is 0 Å². The summed E-state index contributed by atoms with van der Waals surface area (Å²) in [5.41, 5.74) is 3.35. The molecule has 2 atom stereocenters. The molecule has 0 bridgehead atoms. The molecule has 1 spiro atoms. The van der Waals surface area contributed by atoms with Crippen molar-refractivity contribution in [2.45, 2.75) is 58.0 Å². The molecular formula is C27H31ClN2O2. The van der Waals surface area contributed by atoms with Gasteiger partial charge in [-0.25, -0.2) is 0 Å². The first kappa shape index (κ1) is 21.5. The van der Waals surface area contributed by atoms with Crippen molar-refractivity contribution in [1.29, 1.82) is 0 Å². The molecule has 0 radical (unpaired) electrons. The van der Waals surface area contributed by atoms with Crippen LogP contribution in [0.5, 0.6) is 0 Å². The number of carbonyl (C=O) groups is 2. The van der Waals surface area contributed by atoms with Crippen molar-refractivity contribution >= 4 is 23.4 Å². The van der Waals surface area contributed by atoms with Crippen LogP contribution in [0.15, 0.2) is 48.5 Å². The van der Waals surface area contributed by atoms with Crippen LogP contribution in [0.1, 0.15) is 55.7 Å². The molecule has 3 aliphatic rings. The molecule has 2 amide bonds. The number of halogens is 1. The van der Waals surface area contributed by atoms with Crippen molar-refractivity contribution in [1.82, 2.24) is 9.80 Å². The Bertz CT molecular complexity index is 1020. The third-order valence-electron chi connectivity index (χ3n) is 7.76. The molecule has 2 fully saturated rings. The molecule has 0 aromatic heterocycles. The van der Waals surface area contributed by atoms with E-state index in [2.05, 4.69) is 38.1 Å². The molecule has 0 unspecified atom stereocenters. The van der Waals surface area contributed by atoms with Crippen LogP contribution in [-0.4, -0.2) is 40.7 Å². The molecule has 2 aliphatic heterocycles. The van der Waals surface area contributed by atoms with E-state index in [1.807, 2.05) is 34.1 Å². The van der Waals surface area contributed by atoms with Crippen molar-refractivity contribution < 1.29 is 9.59 Å². The predicted molar refractivity (Wildman–Crippen MR) is 126 cm³/mol. The van der Waals surface area contributed by atoms with Gasteiger partial charge in [0, 0.05) is 36.6 Å². The molecule has 2 heterocycles. The molecule has 32 heavy (non-hydrogen) atoms. The zero-order valence-electron chi connectivity index (χ0n) is 18.9. The zero-order valence-corrected chi connectivity index (χ0v) is 19.6. The zero-order chi connectivity index (χ0) is 22.5. The van der Waals surface area contributed by atoms with Gasteiger partial charge in [0.15, 0.2) is 0 Å². The highest BCUT2D eigenvalue weighted by atomic mass is 35.5. The molecule has 1 aliphatic carbocycles. The van der Waals surface area contributed by atoms with Crippen molar-refractivity contribution in [3.63, 3.8) is 0 Å². The number of nitrogens with zero attached hydrogens (tertiary/aromatic N) is 2. The summed E-state index contributed by atoms with van der Waals surface area (Å²) in [5.74, 6) is 0.893. The van der Waals surface area contributed by atoms with Crippen LogP contribution in [0.25, 0.3) is 0 Å². The number of likely N-dealkylation sites (tertiary alicyclic amines) is 1. The van der Waals surface area contributed by atoms with Gasteiger partial charge in [-0.1, -0.05) is 48.0 Å². The summed E-state index contributed by atoms with van der Waals surface area (Å²) < 4.78 is 0. The van der Waals surface area contributed by atoms with E-state index in [1.165, 1.54) is 16.7 Å². The fourth-order valence-electron chi connectivity index (χ4n) is 5.63. The number of fused-ring (bicyclic) bond motifs is 1. The van der Waals surface area contributed by atoms with Crippen LogP contribution in [0, 0.1) is 11.3 Å². The Kier molecular flexibility index (Phi) is 5.53. The summed E-state index contributed by atoms with van der Waals surface area (Å²) in [6.07, 6.45) is 3.18. The number of hydrogen-bond donors (Lipinski definition) is 0. The minimum absolute atomic E-state index is 0.0722. The second-order valence-electron chi connectivity index (χ2n) is 10.1. The Hall–Kier alpha value is -2.33. The third-order valence-corrected chi connectivity index (χ3v) is 8.02. The monoisotopic (exact) mass is 450 g/mol. The van der Waals surface area contributed by atoms with E-state index in [0.29, 0.717) is 25.6 Å². The summed E-state index contributed by atoms with van der Waals surface area (Å²) in [5, 5.41) is 0.726. The van der Waals surface area contributed by atoms with E-state index in [4.69, 9.17) is 11.6 Å². The number of amides is 2. The Morgan fingerprint density at radius 2 is 1.69 bits per heavy atom. The Morgan fingerprint density at radius 1 is 1.03 bits per heavy atom. The average Bonchev–Trinajstić information content (AvgIpc) is 3.60. The van der Waals surface area contributed by atoms with Crippen LogP contribution >= 0.6 is 11.6 Å². The minimum atomic E-state index is -0.396. The number of rotatable bonds is 3. The maximum Gasteiger partial charge on any atom is 0.229 e. The minimum Gasteiger partial charge on any atom is -0.342 e. The predicted octanol–water partition coefficient (Wildman–Crippen LogP) is 5.05. The second-order valence-corrected chi connectivity index (χ2v) is 10.5. The van der Waals surface area contributed by atoms with Crippen LogP contribution < -0.4 is 0 Å². The number of piperidine rings is 1. The van der Waals surface area contributed by atoms with Crippen molar-refractivity contribution in [3.8, 4) is 0 Å². The number of hydrogen-bond acceptors (Lipinski definition) is 2. The third kappa shape index (κ3) is 3.83. The van der Waals surface area contributed by atoms with Crippen molar-refractivity contribution in [2.75, 3.05) is 13.1 Å². The molecule has 4 nitrogen and oxygen atoms in total. The highest BCUT2D eigenvalue weighted by Gasteiger charge is 2.50. The SMILES string of the molecule is CC(C)N1Cc2ccccc2CC2(CCN(C(=O)[C@H]3C[C@H]3c3ccc(Cl)cc3)CC2)C1=O. The van der Waals surface area contributed by atoms with E-state index in [1.54, 1.807) is 0 Å². The highest BCUT2D eigenvalue weighted by molar-refractivity contribution is 6.30. The van der Waals surface area contributed by atoms with Crippen molar-refractivity contribution in [3.05, 3.63) is 70.2 Å². The summed E-state index contributed by atoms with van der Waals surface area (Å²) in [7, 11) is 0. The molecule has 2 aromatic rings. The van der Waals surface area contributed by atoms with E-state index in [-0.39, 0.29) is 23.8 Å². The summed E-state index contributed by atoms with van der Waals surface area (Å²) >= 11 is 6.01. The summed E-state index contributed by atoms with van der Waals surface area (Å²) in [6.45, 7) is 6.22. The van der Waals surface area contributed by atoms with Gasteiger partial charge in [0.2, 0.25) is 11.8 Å². The van der Waals surface area contributed by atoms with Gasteiger partial charge in [-0.3, -0.25) is 9.59 Å². The number of benzene rings is 2. The smallest absolute Gasteiger partial charge is 0.229 e. The highest BCUT2D eigenvalue weighted by Crippen LogP contribution is 2.49. The van der Waals surface area contributed by atoms with Gasteiger partial charge in [0.25, 0.3) is 0 Å². The summed E-state index contributed by atoms with van der Waals surface area (Å²) in [4.78, 5) is 31.0. The first-order chi connectivity index (χ1) is 15.4. The Labute approximate surface area is 195 Å². The van der Waals surface area contributed by atoms with E-state index in [9.17, 15) is 9.59 Å². The quantitative estimate of drug-likeness (QED) is 0.656. The van der Waals surface area contributed by atoms with Gasteiger partial charge in [-0.05, 0) is 74.3 Å². The molecule has 168 valence electrons. The van der Waals surface area contributed by atoms with E-state index >= 15 is 0 Å². The van der Waals surface area contributed by atoms with Crippen LogP contribution in [0.4, 0.5) is 0 Å². The van der Waals surface area contributed by atoms with Gasteiger partial charge in [-0.15, -0.1) is 0 Å². The second kappa shape index (κ2) is 8.22. The standard InChI is InChI=1S/C27H31ClN2O2/c1-18(2)30-17-21-6-4-3-5-20(21)16-27(26(30)32)11-13-29(14-12-27)25(31)24-15-23(24)19-7-9-22(28)10-8-19/h3-10,18,23-24H,11-17H2,1-2H3/t23-,24-/m0/s1.